The second-order valence-electron chi connectivity index (χ2n) is 6.57. The fourth-order valence-electron chi connectivity index (χ4n) is 2.44. The third kappa shape index (κ3) is 5.73. The van der Waals surface area contributed by atoms with Crippen LogP contribution in [0.2, 0.25) is 5.02 Å². The number of hydrogen-bond acceptors (Lipinski definition) is 4. The summed E-state index contributed by atoms with van der Waals surface area (Å²) in [4.78, 5) is 37.2. The smallest absolute Gasteiger partial charge is 0.328 e. The highest BCUT2D eigenvalue weighted by Gasteiger charge is 2.32. The molecule has 0 heterocycles. The van der Waals surface area contributed by atoms with E-state index in [1.165, 1.54) is 7.11 Å². The zero-order chi connectivity index (χ0) is 19.9. The number of nitrogens with one attached hydrogen (secondary N) is 2. The molecule has 7 heteroatoms. The Bertz CT molecular complexity index is 648. The van der Waals surface area contributed by atoms with E-state index in [2.05, 4.69) is 10.6 Å². The minimum absolute atomic E-state index is 0.0986. The van der Waals surface area contributed by atoms with Gasteiger partial charge < -0.3 is 15.4 Å². The SMILES string of the molecule is CCC(C)C(NC(=O)C(NC(=O)c1ccccc1Cl)C(C)C)C(=O)OC. The molecule has 0 fully saturated rings. The van der Waals surface area contributed by atoms with Crippen LogP contribution in [0, 0.1) is 11.8 Å². The first-order valence-electron chi connectivity index (χ1n) is 8.66. The molecule has 0 aromatic heterocycles. The van der Waals surface area contributed by atoms with Gasteiger partial charge in [-0.15, -0.1) is 0 Å². The molecule has 6 nitrogen and oxygen atoms in total. The molecule has 144 valence electrons. The van der Waals surface area contributed by atoms with Crippen molar-refractivity contribution >= 4 is 29.4 Å². The molecule has 1 rings (SSSR count). The Labute approximate surface area is 159 Å². The first kappa shape index (κ1) is 22.0. The zero-order valence-electron chi connectivity index (χ0n) is 15.8. The van der Waals surface area contributed by atoms with Crippen molar-refractivity contribution in [3.05, 3.63) is 34.9 Å². The van der Waals surface area contributed by atoms with Gasteiger partial charge in [-0.1, -0.05) is 57.8 Å². The molecule has 0 aliphatic heterocycles. The van der Waals surface area contributed by atoms with Crippen LogP contribution in [0.1, 0.15) is 44.5 Å². The van der Waals surface area contributed by atoms with Gasteiger partial charge in [-0.05, 0) is 24.0 Å². The Morgan fingerprint density at radius 3 is 2.19 bits per heavy atom. The highest BCUT2D eigenvalue weighted by atomic mass is 35.5. The third-order valence-corrected chi connectivity index (χ3v) is 4.65. The second kappa shape index (κ2) is 10.2. The van der Waals surface area contributed by atoms with Crippen molar-refractivity contribution in [1.29, 1.82) is 0 Å². The van der Waals surface area contributed by atoms with Crippen molar-refractivity contribution in [3.63, 3.8) is 0 Å². The molecule has 0 saturated carbocycles. The van der Waals surface area contributed by atoms with Gasteiger partial charge in [-0.2, -0.15) is 0 Å². The largest absolute Gasteiger partial charge is 0.467 e. The van der Waals surface area contributed by atoms with Gasteiger partial charge in [0.05, 0.1) is 17.7 Å². The van der Waals surface area contributed by atoms with Crippen molar-refractivity contribution in [3.8, 4) is 0 Å². The summed E-state index contributed by atoms with van der Waals surface area (Å²) in [5.41, 5.74) is 0.291. The molecular formula is C19H27ClN2O4. The maximum absolute atomic E-state index is 12.7. The summed E-state index contributed by atoms with van der Waals surface area (Å²) in [5, 5.41) is 5.72. The summed E-state index contributed by atoms with van der Waals surface area (Å²) in [5.74, 6) is -1.67. The van der Waals surface area contributed by atoms with E-state index >= 15 is 0 Å². The van der Waals surface area contributed by atoms with Crippen LogP contribution < -0.4 is 10.6 Å². The number of amides is 2. The van der Waals surface area contributed by atoms with E-state index < -0.39 is 29.9 Å². The number of hydrogen-bond donors (Lipinski definition) is 2. The number of ether oxygens (including phenoxy) is 1. The fraction of sp³-hybridized carbons (Fsp3) is 0.526. The van der Waals surface area contributed by atoms with Crippen LogP contribution in [0.3, 0.4) is 0 Å². The quantitative estimate of drug-likeness (QED) is 0.677. The van der Waals surface area contributed by atoms with Crippen molar-refractivity contribution in [1.82, 2.24) is 10.6 Å². The molecule has 3 atom stereocenters. The lowest BCUT2D eigenvalue weighted by Crippen LogP contribution is -2.55. The van der Waals surface area contributed by atoms with Crippen LogP contribution >= 0.6 is 11.6 Å². The van der Waals surface area contributed by atoms with Crippen LogP contribution in [-0.4, -0.2) is 37.0 Å². The molecule has 1 aromatic rings. The van der Waals surface area contributed by atoms with Gasteiger partial charge in [0.1, 0.15) is 12.1 Å². The first-order chi connectivity index (χ1) is 12.2. The monoisotopic (exact) mass is 382 g/mol. The number of carbonyl (C=O) groups excluding carboxylic acids is 3. The number of halogens is 1. The second-order valence-corrected chi connectivity index (χ2v) is 6.98. The summed E-state index contributed by atoms with van der Waals surface area (Å²) in [6.45, 7) is 7.40. The van der Waals surface area contributed by atoms with E-state index in [0.29, 0.717) is 17.0 Å². The van der Waals surface area contributed by atoms with E-state index in [1.807, 2.05) is 27.7 Å². The summed E-state index contributed by atoms with van der Waals surface area (Å²) in [7, 11) is 1.28. The average Bonchev–Trinajstić information content (AvgIpc) is 2.62. The molecule has 2 N–H and O–H groups in total. The Hall–Kier alpha value is -2.08. The van der Waals surface area contributed by atoms with Crippen molar-refractivity contribution in [2.24, 2.45) is 11.8 Å². The van der Waals surface area contributed by atoms with E-state index in [4.69, 9.17) is 16.3 Å². The summed E-state index contributed by atoms with van der Waals surface area (Å²) < 4.78 is 4.78. The minimum Gasteiger partial charge on any atom is -0.467 e. The van der Waals surface area contributed by atoms with Gasteiger partial charge >= 0.3 is 5.97 Å². The van der Waals surface area contributed by atoms with Crippen LogP contribution in [-0.2, 0) is 14.3 Å². The number of methoxy groups -OCH3 is 1. The zero-order valence-corrected chi connectivity index (χ0v) is 16.6. The highest BCUT2D eigenvalue weighted by molar-refractivity contribution is 6.33. The first-order valence-corrected chi connectivity index (χ1v) is 9.04. The normalized spacial score (nSPS) is 14.3. The Morgan fingerprint density at radius 2 is 1.69 bits per heavy atom. The van der Waals surface area contributed by atoms with E-state index in [-0.39, 0.29) is 11.8 Å². The van der Waals surface area contributed by atoms with Crippen LogP contribution in [0.15, 0.2) is 24.3 Å². The van der Waals surface area contributed by atoms with Crippen LogP contribution in [0.25, 0.3) is 0 Å². The number of rotatable bonds is 8. The number of carbonyl (C=O) groups is 3. The topological polar surface area (TPSA) is 84.5 Å². The van der Waals surface area contributed by atoms with E-state index in [9.17, 15) is 14.4 Å². The molecule has 0 aliphatic carbocycles. The fourth-order valence-corrected chi connectivity index (χ4v) is 2.66. The molecule has 3 unspecified atom stereocenters. The van der Waals surface area contributed by atoms with Crippen LogP contribution in [0.5, 0.6) is 0 Å². The lowest BCUT2D eigenvalue weighted by atomic mass is 9.97. The maximum Gasteiger partial charge on any atom is 0.328 e. The Balaban J connectivity index is 2.94. The lowest BCUT2D eigenvalue weighted by molar-refractivity contribution is -0.147. The molecule has 0 spiro atoms. The molecule has 26 heavy (non-hydrogen) atoms. The molecule has 0 radical (unpaired) electrons. The van der Waals surface area contributed by atoms with Crippen molar-refractivity contribution in [2.75, 3.05) is 7.11 Å². The Morgan fingerprint density at radius 1 is 1.08 bits per heavy atom. The minimum atomic E-state index is -0.810. The molecule has 0 aliphatic rings. The predicted molar refractivity (Wildman–Crippen MR) is 101 cm³/mol. The van der Waals surface area contributed by atoms with Gasteiger partial charge in [0.25, 0.3) is 5.91 Å². The van der Waals surface area contributed by atoms with Gasteiger partial charge in [0.2, 0.25) is 5.91 Å². The van der Waals surface area contributed by atoms with Gasteiger partial charge in [0, 0.05) is 0 Å². The van der Waals surface area contributed by atoms with Crippen molar-refractivity contribution in [2.45, 2.75) is 46.2 Å². The molecule has 2 amide bonds. The molecule has 1 aromatic carbocycles. The predicted octanol–water partition coefficient (Wildman–Crippen LogP) is 2.80. The summed E-state index contributed by atoms with van der Waals surface area (Å²) in [6, 6.07) is 5.03. The average molecular weight is 383 g/mol. The summed E-state index contributed by atoms with van der Waals surface area (Å²) in [6.07, 6.45) is 0.693. The lowest BCUT2D eigenvalue weighted by Gasteiger charge is -2.27. The van der Waals surface area contributed by atoms with E-state index in [1.54, 1.807) is 24.3 Å². The Kier molecular flexibility index (Phi) is 8.58. The van der Waals surface area contributed by atoms with E-state index in [0.717, 1.165) is 0 Å². The third-order valence-electron chi connectivity index (χ3n) is 4.32. The van der Waals surface area contributed by atoms with Gasteiger partial charge in [-0.25, -0.2) is 4.79 Å². The maximum atomic E-state index is 12.7. The van der Waals surface area contributed by atoms with Gasteiger partial charge in [0.15, 0.2) is 0 Å². The number of esters is 1. The molecule has 0 bridgehead atoms. The molecule has 0 saturated heterocycles. The van der Waals surface area contributed by atoms with Gasteiger partial charge in [-0.3, -0.25) is 9.59 Å². The standard InChI is InChI=1S/C19H27ClN2O4/c1-6-12(4)16(19(25)26-5)22-18(24)15(11(2)3)21-17(23)13-9-7-8-10-14(13)20/h7-12,15-16H,6H2,1-5H3,(H,21,23)(H,22,24). The highest BCUT2D eigenvalue weighted by Crippen LogP contribution is 2.16. The van der Waals surface area contributed by atoms with Crippen LogP contribution in [0.4, 0.5) is 0 Å². The number of benzene rings is 1. The summed E-state index contributed by atoms with van der Waals surface area (Å²) >= 11 is 6.04. The van der Waals surface area contributed by atoms with Crippen molar-refractivity contribution < 1.29 is 19.1 Å². The molecular weight excluding hydrogens is 356 g/mol.